The molecule has 3 rings (SSSR count). The molecule has 0 atom stereocenters. The standard InChI is InChI=1S/C15H24N4/c1-2-6-13(7-3-1)12-17-15-16-9-8-14(18-15)19-10-4-5-11-19/h8-9,13H,1-7,10-12H2,(H,16,17,18). The largest absolute Gasteiger partial charge is 0.356 e. The molecule has 1 saturated carbocycles. The average Bonchev–Trinajstić information content (AvgIpc) is 3.01. The summed E-state index contributed by atoms with van der Waals surface area (Å²) in [4.78, 5) is 11.3. The molecule has 19 heavy (non-hydrogen) atoms. The molecule has 0 radical (unpaired) electrons. The Balaban J connectivity index is 1.56. The van der Waals surface area contributed by atoms with Gasteiger partial charge >= 0.3 is 0 Å². The van der Waals surface area contributed by atoms with Crippen LogP contribution in [0.5, 0.6) is 0 Å². The van der Waals surface area contributed by atoms with E-state index in [2.05, 4.69) is 20.2 Å². The molecule has 0 bridgehead atoms. The lowest BCUT2D eigenvalue weighted by atomic mass is 9.89. The van der Waals surface area contributed by atoms with Crippen molar-refractivity contribution in [3.63, 3.8) is 0 Å². The maximum absolute atomic E-state index is 4.64. The molecule has 104 valence electrons. The summed E-state index contributed by atoms with van der Waals surface area (Å²) in [5.41, 5.74) is 0. The van der Waals surface area contributed by atoms with Crippen LogP contribution in [0.1, 0.15) is 44.9 Å². The second kappa shape index (κ2) is 6.22. The third kappa shape index (κ3) is 3.37. The smallest absolute Gasteiger partial charge is 0.224 e. The highest BCUT2D eigenvalue weighted by Crippen LogP contribution is 2.24. The monoisotopic (exact) mass is 260 g/mol. The van der Waals surface area contributed by atoms with Gasteiger partial charge < -0.3 is 10.2 Å². The van der Waals surface area contributed by atoms with Gasteiger partial charge in [-0.3, -0.25) is 0 Å². The summed E-state index contributed by atoms with van der Waals surface area (Å²) in [6.07, 6.45) is 11.4. The summed E-state index contributed by atoms with van der Waals surface area (Å²) >= 11 is 0. The molecular weight excluding hydrogens is 236 g/mol. The van der Waals surface area contributed by atoms with Gasteiger partial charge in [0.1, 0.15) is 5.82 Å². The van der Waals surface area contributed by atoms with Crippen molar-refractivity contribution in [1.29, 1.82) is 0 Å². The highest BCUT2D eigenvalue weighted by atomic mass is 15.2. The van der Waals surface area contributed by atoms with Crippen molar-refractivity contribution in [3.8, 4) is 0 Å². The summed E-state index contributed by atoms with van der Waals surface area (Å²) in [5, 5.41) is 3.43. The van der Waals surface area contributed by atoms with Crippen LogP contribution >= 0.6 is 0 Å². The Hall–Kier alpha value is -1.32. The van der Waals surface area contributed by atoms with Crippen molar-refractivity contribution in [2.45, 2.75) is 44.9 Å². The van der Waals surface area contributed by atoms with E-state index in [0.29, 0.717) is 0 Å². The molecule has 2 aliphatic rings. The highest BCUT2D eigenvalue weighted by Gasteiger charge is 2.15. The lowest BCUT2D eigenvalue weighted by molar-refractivity contribution is 0.373. The Morgan fingerprint density at radius 1 is 1.11 bits per heavy atom. The second-order valence-corrected chi connectivity index (χ2v) is 5.82. The molecule has 1 saturated heterocycles. The van der Waals surface area contributed by atoms with Gasteiger partial charge in [-0.15, -0.1) is 0 Å². The van der Waals surface area contributed by atoms with Crippen molar-refractivity contribution in [1.82, 2.24) is 9.97 Å². The van der Waals surface area contributed by atoms with E-state index < -0.39 is 0 Å². The minimum Gasteiger partial charge on any atom is -0.356 e. The number of hydrogen-bond acceptors (Lipinski definition) is 4. The van der Waals surface area contributed by atoms with Crippen LogP contribution in [-0.2, 0) is 0 Å². The van der Waals surface area contributed by atoms with Crippen molar-refractivity contribution in [3.05, 3.63) is 12.3 Å². The van der Waals surface area contributed by atoms with E-state index in [4.69, 9.17) is 0 Å². The van der Waals surface area contributed by atoms with Gasteiger partial charge in [-0.1, -0.05) is 19.3 Å². The Morgan fingerprint density at radius 3 is 2.68 bits per heavy atom. The third-order valence-electron chi connectivity index (χ3n) is 4.34. The Bertz CT molecular complexity index is 395. The predicted octanol–water partition coefficient (Wildman–Crippen LogP) is 3.07. The molecule has 2 fully saturated rings. The molecule has 1 aromatic rings. The first-order chi connectivity index (χ1) is 9.42. The number of nitrogens with zero attached hydrogens (tertiary/aromatic N) is 3. The normalized spacial score (nSPS) is 20.7. The van der Waals surface area contributed by atoms with Gasteiger partial charge in [0.25, 0.3) is 0 Å². The lowest BCUT2D eigenvalue weighted by Gasteiger charge is -2.22. The Kier molecular flexibility index (Phi) is 4.16. The molecule has 0 unspecified atom stereocenters. The summed E-state index contributed by atoms with van der Waals surface area (Å²) < 4.78 is 0. The fourth-order valence-corrected chi connectivity index (χ4v) is 3.18. The zero-order chi connectivity index (χ0) is 12.9. The van der Waals surface area contributed by atoms with E-state index in [1.54, 1.807) is 0 Å². The molecule has 0 spiro atoms. The maximum Gasteiger partial charge on any atom is 0.224 e. The van der Waals surface area contributed by atoms with Crippen LogP contribution < -0.4 is 10.2 Å². The number of aromatic nitrogens is 2. The van der Waals surface area contributed by atoms with Gasteiger partial charge in [-0.2, -0.15) is 4.98 Å². The summed E-state index contributed by atoms with van der Waals surface area (Å²) in [5.74, 6) is 2.70. The molecule has 1 N–H and O–H groups in total. The topological polar surface area (TPSA) is 41.1 Å². The molecule has 1 aliphatic heterocycles. The zero-order valence-electron chi connectivity index (χ0n) is 11.6. The molecular formula is C15H24N4. The molecule has 2 heterocycles. The fraction of sp³-hybridized carbons (Fsp3) is 0.733. The van der Waals surface area contributed by atoms with E-state index in [1.807, 2.05) is 12.3 Å². The Morgan fingerprint density at radius 2 is 1.89 bits per heavy atom. The number of hydrogen-bond donors (Lipinski definition) is 1. The molecule has 4 nitrogen and oxygen atoms in total. The van der Waals surface area contributed by atoms with Crippen molar-refractivity contribution >= 4 is 11.8 Å². The van der Waals surface area contributed by atoms with Crippen LogP contribution in [0.2, 0.25) is 0 Å². The van der Waals surface area contributed by atoms with Crippen LogP contribution in [0.4, 0.5) is 11.8 Å². The van der Waals surface area contributed by atoms with Crippen LogP contribution in [0.25, 0.3) is 0 Å². The van der Waals surface area contributed by atoms with Crippen molar-refractivity contribution in [2.24, 2.45) is 5.92 Å². The van der Waals surface area contributed by atoms with Crippen molar-refractivity contribution in [2.75, 3.05) is 29.9 Å². The molecule has 1 aliphatic carbocycles. The lowest BCUT2D eigenvalue weighted by Crippen LogP contribution is -2.21. The predicted molar refractivity (Wildman–Crippen MR) is 78.5 cm³/mol. The van der Waals surface area contributed by atoms with Crippen LogP contribution in [0.3, 0.4) is 0 Å². The summed E-state index contributed by atoms with van der Waals surface area (Å²) in [6.45, 7) is 3.31. The first-order valence-corrected chi connectivity index (χ1v) is 7.74. The maximum atomic E-state index is 4.64. The van der Waals surface area contributed by atoms with E-state index in [0.717, 1.165) is 37.3 Å². The quantitative estimate of drug-likeness (QED) is 0.903. The van der Waals surface area contributed by atoms with Crippen LogP contribution in [0.15, 0.2) is 12.3 Å². The molecule has 0 amide bonds. The highest BCUT2D eigenvalue weighted by molar-refractivity contribution is 5.43. The minimum absolute atomic E-state index is 0.801. The van der Waals surface area contributed by atoms with E-state index in [1.165, 1.54) is 44.9 Å². The minimum atomic E-state index is 0.801. The van der Waals surface area contributed by atoms with Gasteiger partial charge in [0.15, 0.2) is 0 Å². The SMILES string of the molecule is c1cc(N2CCCC2)nc(NCC2CCCCC2)n1. The second-order valence-electron chi connectivity index (χ2n) is 5.82. The Labute approximate surface area is 115 Å². The molecule has 0 aromatic carbocycles. The van der Waals surface area contributed by atoms with Gasteiger partial charge in [0.05, 0.1) is 0 Å². The summed E-state index contributed by atoms with van der Waals surface area (Å²) in [6, 6.07) is 2.02. The average molecular weight is 260 g/mol. The number of rotatable bonds is 4. The van der Waals surface area contributed by atoms with Crippen molar-refractivity contribution < 1.29 is 0 Å². The number of nitrogens with one attached hydrogen (secondary N) is 1. The first-order valence-electron chi connectivity index (χ1n) is 7.74. The van der Waals surface area contributed by atoms with Gasteiger partial charge in [-0.05, 0) is 37.7 Å². The molecule has 4 heteroatoms. The fourth-order valence-electron chi connectivity index (χ4n) is 3.18. The zero-order valence-corrected chi connectivity index (χ0v) is 11.6. The van der Waals surface area contributed by atoms with E-state index in [9.17, 15) is 0 Å². The van der Waals surface area contributed by atoms with Crippen LogP contribution in [-0.4, -0.2) is 29.6 Å². The van der Waals surface area contributed by atoms with Gasteiger partial charge in [0.2, 0.25) is 5.95 Å². The molecule has 1 aromatic heterocycles. The van der Waals surface area contributed by atoms with Gasteiger partial charge in [-0.25, -0.2) is 4.98 Å². The first kappa shape index (κ1) is 12.7. The third-order valence-corrected chi connectivity index (χ3v) is 4.34. The van der Waals surface area contributed by atoms with E-state index in [-0.39, 0.29) is 0 Å². The van der Waals surface area contributed by atoms with E-state index >= 15 is 0 Å². The van der Waals surface area contributed by atoms with Gasteiger partial charge in [0, 0.05) is 25.8 Å². The summed E-state index contributed by atoms with van der Waals surface area (Å²) in [7, 11) is 0. The van der Waals surface area contributed by atoms with Crippen LogP contribution in [0, 0.1) is 5.92 Å². The number of anilines is 2.